The summed E-state index contributed by atoms with van der Waals surface area (Å²) in [5.74, 6) is 0. The van der Waals surface area contributed by atoms with Gasteiger partial charge in [-0.1, -0.05) is 20.3 Å². The van der Waals surface area contributed by atoms with E-state index in [1.165, 1.54) is 11.3 Å². The standard InChI is InChI=1S/C13H24N2O2S2/c1-4-6-7-15(11(3)5-2)19(16,17)13-8-12(9-14)10-18-13/h8,10-11H,4-7,9,14H2,1-3H3. The van der Waals surface area contributed by atoms with Crippen molar-refractivity contribution >= 4 is 21.4 Å². The second-order valence-corrected chi connectivity index (χ2v) is 7.73. The van der Waals surface area contributed by atoms with Crippen LogP contribution in [0.2, 0.25) is 0 Å². The quantitative estimate of drug-likeness (QED) is 0.803. The van der Waals surface area contributed by atoms with Crippen molar-refractivity contribution in [2.24, 2.45) is 5.73 Å². The van der Waals surface area contributed by atoms with Gasteiger partial charge in [-0.2, -0.15) is 4.31 Å². The highest BCUT2D eigenvalue weighted by Crippen LogP contribution is 2.26. The van der Waals surface area contributed by atoms with E-state index in [0.29, 0.717) is 17.3 Å². The van der Waals surface area contributed by atoms with Crippen molar-refractivity contribution in [2.75, 3.05) is 6.54 Å². The van der Waals surface area contributed by atoms with E-state index < -0.39 is 10.0 Å². The molecule has 0 aliphatic carbocycles. The molecular weight excluding hydrogens is 280 g/mol. The van der Waals surface area contributed by atoms with Gasteiger partial charge in [-0.25, -0.2) is 8.42 Å². The molecule has 0 saturated heterocycles. The molecule has 1 aromatic rings. The fourth-order valence-electron chi connectivity index (χ4n) is 1.81. The highest BCUT2D eigenvalue weighted by Gasteiger charge is 2.28. The van der Waals surface area contributed by atoms with Crippen molar-refractivity contribution in [2.45, 2.75) is 56.8 Å². The molecule has 4 nitrogen and oxygen atoms in total. The van der Waals surface area contributed by atoms with Crippen LogP contribution in [0.4, 0.5) is 0 Å². The number of hydrogen-bond donors (Lipinski definition) is 1. The summed E-state index contributed by atoms with van der Waals surface area (Å²) in [6.45, 7) is 7.01. The summed E-state index contributed by atoms with van der Waals surface area (Å²) >= 11 is 1.26. The lowest BCUT2D eigenvalue weighted by Crippen LogP contribution is -2.38. The molecule has 19 heavy (non-hydrogen) atoms. The summed E-state index contributed by atoms with van der Waals surface area (Å²) in [4.78, 5) is 0. The van der Waals surface area contributed by atoms with E-state index in [1.54, 1.807) is 10.4 Å². The highest BCUT2D eigenvalue weighted by molar-refractivity contribution is 7.91. The van der Waals surface area contributed by atoms with Gasteiger partial charge in [0.15, 0.2) is 0 Å². The van der Waals surface area contributed by atoms with Gasteiger partial charge in [0.05, 0.1) is 0 Å². The average molecular weight is 304 g/mol. The highest BCUT2D eigenvalue weighted by atomic mass is 32.2. The van der Waals surface area contributed by atoms with Crippen LogP contribution in [0.25, 0.3) is 0 Å². The van der Waals surface area contributed by atoms with Crippen LogP contribution in [0, 0.1) is 0 Å². The fraction of sp³-hybridized carbons (Fsp3) is 0.692. The van der Waals surface area contributed by atoms with Gasteiger partial charge in [0.25, 0.3) is 10.0 Å². The lowest BCUT2D eigenvalue weighted by molar-refractivity contribution is 0.325. The Labute approximate surface area is 120 Å². The molecular formula is C13H24N2O2S2. The molecule has 1 unspecified atom stereocenters. The van der Waals surface area contributed by atoms with Crippen molar-refractivity contribution in [3.8, 4) is 0 Å². The molecule has 0 saturated carbocycles. The summed E-state index contributed by atoms with van der Waals surface area (Å²) in [6.07, 6.45) is 2.69. The lowest BCUT2D eigenvalue weighted by Gasteiger charge is -2.26. The average Bonchev–Trinajstić information content (AvgIpc) is 2.88. The Hall–Kier alpha value is -0.430. The SMILES string of the molecule is CCCCN(C(C)CC)S(=O)(=O)c1cc(CN)cs1. The van der Waals surface area contributed by atoms with Gasteiger partial charge in [0.2, 0.25) is 0 Å². The Balaban J connectivity index is 3.04. The summed E-state index contributed by atoms with van der Waals surface area (Å²) in [6, 6.07) is 1.72. The first-order valence-electron chi connectivity index (χ1n) is 6.76. The summed E-state index contributed by atoms with van der Waals surface area (Å²) < 4.78 is 27.4. The van der Waals surface area contributed by atoms with Gasteiger partial charge in [-0.15, -0.1) is 11.3 Å². The third-order valence-electron chi connectivity index (χ3n) is 3.24. The third kappa shape index (κ3) is 4.02. The molecule has 0 aliphatic heterocycles. The lowest BCUT2D eigenvalue weighted by atomic mass is 10.2. The topological polar surface area (TPSA) is 63.4 Å². The van der Waals surface area contributed by atoms with Crippen molar-refractivity contribution in [3.05, 3.63) is 17.0 Å². The Morgan fingerprint density at radius 2 is 2.11 bits per heavy atom. The van der Waals surface area contributed by atoms with E-state index in [4.69, 9.17) is 5.73 Å². The van der Waals surface area contributed by atoms with Crippen LogP contribution in [0.3, 0.4) is 0 Å². The second-order valence-electron chi connectivity index (χ2n) is 4.70. The largest absolute Gasteiger partial charge is 0.326 e. The number of unbranched alkanes of at least 4 members (excludes halogenated alkanes) is 1. The zero-order chi connectivity index (χ0) is 14.5. The van der Waals surface area contributed by atoms with E-state index in [9.17, 15) is 8.42 Å². The van der Waals surface area contributed by atoms with Gasteiger partial charge >= 0.3 is 0 Å². The maximum Gasteiger partial charge on any atom is 0.252 e. The van der Waals surface area contributed by atoms with Crippen LogP contribution in [0.15, 0.2) is 15.7 Å². The molecule has 0 aromatic carbocycles. The molecule has 1 rings (SSSR count). The number of nitrogens with zero attached hydrogens (tertiary/aromatic N) is 1. The van der Waals surface area contributed by atoms with E-state index in [1.807, 2.05) is 19.2 Å². The second kappa shape index (κ2) is 7.38. The summed E-state index contributed by atoms with van der Waals surface area (Å²) in [5.41, 5.74) is 6.42. The Bertz CT molecular complexity index is 483. The van der Waals surface area contributed by atoms with Crippen LogP contribution in [0.1, 0.15) is 45.6 Å². The van der Waals surface area contributed by atoms with Gasteiger partial charge in [0.1, 0.15) is 4.21 Å². The summed E-state index contributed by atoms with van der Waals surface area (Å²) in [5, 5.41) is 1.82. The normalized spacial score (nSPS) is 13.9. The molecule has 0 aliphatic rings. The Kier molecular flexibility index (Phi) is 6.46. The molecule has 1 atom stereocenters. The molecule has 6 heteroatoms. The van der Waals surface area contributed by atoms with Gasteiger partial charge < -0.3 is 5.73 Å². The van der Waals surface area contributed by atoms with Crippen LogP contribution < -0.4 is 5.73 Å². The molecule has 110 valence electrons. The molecule has 0 bridgehead atoms. The van der Waals surface area contributed by atoms with E-state index >= 15 is 0 Å². The van der Waals surface area contributed by atoms with E-state index in [0.717, 1.165) is 24.8 Å². The number of hydrogen-bond acceptors (Lipinski definition) is 4. The smallest absolute Gasteiger partial charge is 0.252 e. The molecule has 2 N–H and O–H groups in total. The van der Waals surface area contributed by atoms with Crippen molar-refractivity contribution in [1.29, 1.82) is 0 Å². The predicted molar refractivity (Wildman–Crippen MR) is 80.8 cm³/mol. The molecule has 1 heterocycles. The predicted octanol–water partition coefficient (Wildman–Crippen LogP) is 2.80. The number of rotatable bonds is 8. The van der Waals surface area contributed by atoms with E-state index in [-0.39, 0.29) is 6.04 Å². The van der Waals surface area contributed by atoms with Crippen molar-refractivity contribution < 1.29 is 8.42 Å². The van der Waals surface area contributed by atoms with Crippen molar-refractivity contribution in [3.63, 3.8) is 0 Å². The minimum absolute atomic E-state index is 0.0278. The number of thiophene rings is 1. The maximum atomic E-state index is 12.7. The molecule has 0 fully saturated rings. The zero-order valence-electron chi connectivity index (χ0n) is 11.9. The van der Waals surface area contributed by atoms with Gasteiger partial charge in [-0.05, 0) is 36.8 Å². The van der Waals surface area contributed by atoms with Crippen LogP contribution in [-0.2, 0) is 16.6 Å². The first kappa shape index (κ1) is 16.6. The van der Waals surface area contributed by atoms with Crippen LogP contribution >= 0.6 is 11.3 Å². The fourth-order valence-corrected chi connectivity index (χ4v) is 4.90. The molecule has 0 radical (unpaired) electrons. The Morgan fingerprint density at radius 3 is 2.58 bits per heavy atom. The maximum absolute atomic E-state index is 12.7. The first-order valence-corrected chi connectivity index (χ1v) is 9.08. The van der Waals surface area contributed by atoms with Crippen LogP contribution in [0.5, 0.6) is 0 Å². The zero-order valence-corrected chi connectivity index (χ0v) is 13.6. The number of sulfonamides is 1. The third-order valence-corrected chi connectivity index (χ3v) is 6.72. The van der Waals surface area contributed by atoms with Crippen molar-refractivity contribution in [1.82, 2.24) is 4.31 Å². The number of nitrogens with two attached hydrogens (primary N) is 1. The minimum Gasteiger partial charge on any atom is -0.326 e. The minimum atomic E-state index is -3.38. The van der Waals surface area contributed by atoms with Crippen LogP contribution in [-0.4, -0.2) is 25.3 Å². The Morgan fingerprint density at radius 1 is 1.42 bits per heavy atom. The van der Waals surface area contributed by atoms with Gasteiger partial charge in [0, 0.05) is 19.1 Å². The molecule has 1 aromatic heterocycles. The monoisotopic (exact) mass is 304 g/mol. The molecule has 0 amide bonds. The van der Waals surface area contributed by atoms with Gasteiger partial charge in [-0.3, -0.25) is 0 Å². The first-order chi connectivity index (χ1) is 8.97. The molecule has 0 spiro atoms. The summed E-state index contributed by atoms with van der Waals surface area (Å²) in [7, 11) is -3.38. The van der Waals surface area contributed by atoms with E-state index in [2.05, 4.69) is 6.92 Å².